The minimum Gasteiger partial charge on any atom is -0.507 e. The van der Waals surface area contributed by atoms with Crippen molar-refractivity contribution in [2.45, 2.75) is 12.8 Å². The van der Waals surface area contributed by atoms with Gasteiger partial charge in [-0.3, -0.25) is 4.79 Å². The summed E-state index contributed by atoms with van der Waals surface area (Å²) in [6.45, 7) is 0. The average molecular weight is 276 g/mol. The molecule has 0 radical (unpaired) electrons. The second-order valence-electron chi connectivity index (χ2n) is 3.45. The highest BCUT2D eigenvalue weighted by molar-refractivity contribution is 5.73. The number of hydrogen-bond donors (Lipinski definition) is 1. The van der Waals surface area contributed by atoms with Crippen molar-refractivity contribution in [2.24, 2.45) is 0 Å². The molecule has 0 unspecified atom stereocenters. The molecule has 0 spiro atoms. The van der Waals surface area contributed by atoms with Crippen molar-refractivity contribution in [1.82, 2.24) is 0 Å². The summed E-state index contributed by atoms with van der Waals surface area (Å²) in [4.78, 5) is 10.8. The van der Waals surface area contributed by atoms with E-state index in [0.29, 0.717) is 0 Å². The monoisotopic (exact) mass is 276 g/mol. The van der Waals surface area contributed by atoms with Gasteiger partial charge in [0.1, 0.15) is 11.5 Å². The summed E-state index contributed by atoms with van der Waals surface area (Å²) in [7, 11) is 1.23. The van der Waals surface area contributed by atoms with Crippen molar-refractivity contribution in [3.8, 4) is 11.5 Å². The van der Waals surface area contributed by atoms with E-state index in [0.717, 1.165) is 12.1 Å². The Bertz CT molecular complexity index is 480. The van der Waals surface area contributed by atoms with Gasteiger partial charge in [0.15, 0.2) is 0 Å². The SMILES string of the molecule is COC(=O)CC=Cc1ccc(OC(F)(F)F)cc1O. The Balaban J connectivity index is 2.75. The minimum atomic E-state index is -4.81. The van der Waals surface area contributed by atoms with Crippen molar-refractivity contribution in [3.05, 3.63) is 29.8 Å². The molecule has 1 aromatic carbocycles. The molecule has 19 heavy (non-hydrogen) atoms. The number of rotatable bonds is 4. The van der Waals surface area contributed by atoms with Crippen LogP contribution in [0.2, 0.25) is 0 Å². The standard InChI is InChI=1S/C12H11F3O4/c1-18-11(17)4-2-3-8-5-6-9(7-10(8)16)19-12(13,14)15/h2-3,5-7,16H,4H2,1H3. The Kier molecular flexibility index (Phi) is 4.80. The van der Waals surface area contributed by atoms with Crippen molar-refractivity contribution in [2.75, 3.05) is 7.11 Å². The van der Waals surface area contributed by atoms with Crippen molar-refractivity contribution < 1.29 is 32.5 Å². The van der Waals surface area contributed by atoms with Gasteiger partial charge in [-0.25, -0.2) is 0 Å². The van der Waals surface area contributed by atoms with Gasteiger partial charge in [-0.15, -0.1) is 13.2 Å². The van der Waals surface area contributed by atoms with Crippen LogP contribution in [0.4, 0.5) is 13.2 Å². The molecule has 0 aliphatic carbocycles. The average Bonchev–Trinajstić information content (AvgIpc) is 2.29. The van der Waals surface area contributed by atoms with Crippen LogP contribution in [0.1, 0.15) is 12.0 Å². The number of benzene rings is 1. The molecule has 0 atom stereocenters. The minimum absolute atomic E-state index is 0.00323. The topological polar surface area (TPSA) is 55.8 Å². The molecule has 0 fully saturated rings. The maximum Gasteiger partial charge on any atom is 0.573 e. The third-order valence-corrected chi connectivity index (χ3v) is 2.05. The third-order valence-electron chi connectivity index (χ3n) is 2.05. The van der Waals surface area contributed by atoms with Crippen LogP contribution in [0.15, 0.2) is 24.3 Å². The summed E-state index contributed by atoms with van der Waals surface area (Å²) >= 11 is 0. The molecule has 1 aromatic rings. The fourth-order valence-electron chi connectivity index (χ4n) is 1.23. The normalized spacial score (nSPS) is 11.6. The first-order valence-corrected chi connectivity index (χ1v) is 5.14. The number of methoxy groups -OCH3 is 1. The number of carbonyl (C=O) groups is 1. The molecule has 1 N–H and O–H groups in total. The fourth-order valence-corrected chi connectivity index (χ4v) is 1.23. The Labute approximate surface area is 107 Å². The summed E-state index contributed by atoms with van der Waals surface area (Å²) < 4.78 is 43.8. The molecule has 0 saturated carbocycles. The van der Waals surface area contributed by atoms with Crippen molar-refractivity contribution in [1.29, 1.82) is 0 Å². The van der Waals surface area contributed by atoms with Crippen LogP contribution in [0.5, 0.6) is 11.5 Å². The van der Waals surface area contributed by atoms with Gasteiger partial charge in [0.05, 0.1) is 13.5 Å². The first kappa shape index (κ1) is 14.9. The molecule has 0 aliphatic heterocycles. The fraction of sp³-hybridized carbons (Fsp3) is 0.250. The van der Waals surface area contributed by atoms with E-state index in [1.807, 2.05) is 0 Å². The third kappa shape index (κ3) is 5.33. The van der Waals surface area contributed by atoms with Crippen LogP contribution in [0, 0.1) is 0 Å². The van der Waals surface area contributed by atoms with Gasteiger partial charge < -0.3 is 14.6 Å². The van der Waals surface area contributed by atoms with Gasteiger partial charge in [0, 0.05) is 11.6 Å². The molecule has 0 heterocycles. The first-order valence-electron chi connectivity index (χ1n) is 5.14. The molecule has 0 aromatic heterocycles. The molecular formula is C12H11F3O4. The zero-order valence-corrected chi connectivity index (χ0v) is 9.90. The number of esters is 1. The quantitative estimate of drug-likeness (QED) is 0.859. The van der Waals surface area contributed by atoms with E-state index in [4.69, 9.17) is 0 Å². The van der Waals surface area contributed by atoms with Crippen molar-refractivity contribution >= 4 is 12.0 Å². The van der Waals surface area contributed by atoms with E-state index in [-0.39, 0.29) is 17.7 Å². The molecule has 4 nitrogen and oxygen atoms in total. The Morgan fingerprint density at radius 3 is 2.63 bits per heavy atom. The predicted octanol–water partition coefficient (Wildman–Crippen LogP) is 2.87. The number of halogens is 3. The zero-order chi connectivity index (χ0) is 14.5. The maximum absolute atomic E-state index is 11.9. The maximum atomic E-state index is 11.9. The lowest BCUT2D eigenvalue weighted by Gasteiger charge is -2.09. The lowest BCUT2D eigenvalue weighted by atomic mass is 10.1. The number of ether oxygens (including phenoxy) is 2. The van der Waals surface area contributed by atoms with Gasteiger partial charge in [0.25, 0.3) is 0 Å². The van der Waals surface area contributed by atoms with E-state index < -0.39 is 18.1 Å². The summed E-state index contributed by atoms with van der Waals surface area (Å²) in [6, 6.07) is 3.14. The molecule has 0 amide bonds. The second-order valence-corrected chi connectivity index (χ2v) is 3.45. The van der Waals surface area contributed by atoms with Crippen LogP contribution < -0.4 is 4.74 Å². The lowest BCUT2D eigenvalue weighted by Crippen LogP contribution is -2.17. The van der Waals surface area contributed by atoms with Crippen LogP contribution in [0.3, 0.4) is 0 Å². The first-order chi connectivity index (χ1) is 8.81. The van der Waals surface area contributed by atoms with Crippen LogP contribution >= 0.6 is 0 Å². The van der Waals surface area contributed by atoms with Gasteiger partial charge in [0.2, 0.25) is 0 Å². The molecule has 0 aliphatic rings. The Morgan fingerprint density at radius 1 is 1.42 bits per heavy atom. The van der Waals surface area contributed by atoms with Crippen LogP contribution in [-0.4, -0.2) is 24.5 Å². The largest absolute Gasteiger partial charge is 0.573 e. The number of phenols is 1. The molecule has 1 rings (SSSR count). The van der Waals surface area contributed by atoms with Crippen molar-refractivity contribution in [3.63, 3.8) is 0 Å². The highest BCUT2D eigenvalue weighted by Gasteiger charge is 2.31. The summed E-state index contributed by atoms with van der Waals surface area (Å²) in [6.07, 6.45) is -2.00. The molecule has 0 saturated heterocycles. The Hall–Kier alpha value is -2.18. The lowest BCUT2D eigenvalue weighted by molar-refractivity contribution is -0.274. The molecule has 0 bridgehead atoms. The zero-order valence-electron chi connectivity index (χ0n) is 9.90. The van der Waals surface area contributed by atoms with Crippen LogP contribution in [0.25, 0.3) is 6.08 Å². The highest BCUT2D eigenvalue weighted by Crippen LogP contribution is 2.28. The Morgan fingerprint density at radius 2 is 2.11 bits per heavy atom. The summed E-state index contributed by atoms with van der Waals surface area (Å²) in [5.74, 6) is -1.37. The predicted molar refractivity (Wildman–Crippen MR) is 60.5 cm³/mol. The summed E-state index contributed by atoms with van der Waals surface area (Å²) in [5, 5.41) is 9.50. The number of phenolic OH excluding ortho intramolecular Hbond substituents is 1. The molecule has 7 heteroatoms. The number of aromatic hydroxyl groups is 1. The summed E-state index contributed by atoms with van der Waals surface area (Å²) in [5.41, 5.74) is 0.262. The van der Waals surface area contributed by atoms with Crippen LogP contribution in [-0.2, 0) is 9.53 Å². The van der Waals surface area contributed by atoms with E-state index in [2.05, 4.69) is 9.47 Å². The van der Waals surface area contributed by atoms with E-state index in [1.54, 1.807) is 0 Å². The smallest absolute Gasteiger partial charge is 0.507 e. The second kappa shape index (κ2) is 6.12. The van der Waals surface area contributed by atoms with E-state index >= 15 is 0 Å². The number of alkyl halides is 3. The van der Waals surface area contributed by atoms with E-state index in [1.165, 1.54) is 25.3 Å². The number of carbonyl (C=O) groups excluding carboxylic acids is 1. The van der Waals surface area contributed by atoms with Gasteiger partial charge >= 0.3 is 12.3 Å². The van der Waals surface area contributed by atoms with Gasteiger partial charge in [-0.05, 0) is 12.1 Å². The number of hydrogen-bond acceptors (Lipinski definition) is 4. The van der Waals surface area contributed by atoms with Gasteiger partial charge in [-0.1, -0.05) is 12.2 Å². The molecular weight excluding hydrogens is 265 g/mol. The van der Waals surface area contributed by atoms with Gasteiger partial charge in [-0.2, -0.15) is 0 Å². The molecule has 104 valence electrons. The van der Waals surface area contributed by atoms with E-state index in [9.17, 15) is 23.1 Å². The highest BCUT2D eigenvalue weighted by atomic mass is 19.4.